The van der Waals surface area contributed by atoms with Crippen molar-refractivity contribution in [2.24, 2.45) is 5.92 Å². The fourth-order valence-corrected chi connectivity index (χ4v) is 0.462. The topological polar surface area (TPSA) is 29.1 Å². The number of hydrogen-bond donors (Lipinski definition) is 1. The second kappa shape index (κ2) is 4.36. The third kappa shape index (κ3) is 5.34. The number of carbonyl (C=O) groups excluding carboxylic acids is 1. The number of amides is 1. The summed E-state index contributed by atoms with van der Waals surface area (Å²) in [5.41, 5.74) is 0. The minimum Gasteiger partial charge on any atom is -0.356 e. The molecule has 0 aromatic heterocycles. The lowest BCUT2D eigenvalue weighted by Crippen LogP contribution is -2.25. The molecule has 0 heterocycles. The molecule has 0 aromatic rings. The summed E-state index contributed by atoms with van der Waals surface area (Å²) in [7, 11) is 0. The molecule has 0 aromatic carbocycles. The number of nitrogens with one attached hydrogen (secondary N) is 1. The van der Waals surface area contributed by atoms with E-state index in [1.165, 1.54) is 0 Å². The van der Waals surface area contributed by atoms with Crippen LogP contribution in [0.5, 0.6) is 0 Å². The predicted octanol–water partition coefficient (Wildman–Crippen LogP) is 1.17. The zero-order chi connectivity index (χ0) is 7.28. The van der Waals surface area contributed by atoms with E-state index >= 15 is 0 Å². The van der Waals surface area contributed by atoms with Crippen molar-refractivity contribution in [2.45, 2.75) is 27.2 Å². The maximum atomic E-state index is 10.4. The van der Waals surface area contributed by atoms with Crippen LogP contribution >= 0.6 is 0 Å². The second-order valence-electron chi connectivity index (χ2n) is 2.45. The molecule has 2 nitrogen and oxygen atoms in total. The Morgan fingerprint density at radius 1 is 1.67 bits per heavy atom. The summed E-state index contributed by atoms with van der Waals surface area (Å²) in [4.78, 5) is 10.4. The Morgan fingerprint density at radius 3 is 2.56 bits per heavy atom. The van der Waals surface area contributed by atoms with Gasteiger partial charge in [0.15, 0.2) is 0 Å². The highest BCUT2D eigenvalue weighted by molar-refractivity contribution is 5.72. The quantitative estimate of drug-likeness (QED) is 0.609. The van der Waals surface area contributed by atoms with Gasteiger partial charge in [-0.15, -0.1) is 0 Å². The molecule has 54 valence electrons. The maximum absolute atomic E-state index is 10.4. The van der Waals surface area contributed by atoms with Gasteiger partial charge in [0.25, 0.3) is 0 Å². The fourth-order valence-electron chi connectivity index (χ4n) is 0.462. The first-order chi connectivity index (χ1) is 4.16. The second-order valence-corrected chi connectivity index (χ2v) is 2.45. The Kier molecular flexibility index (Phi) is 4.10. The van der Waals surface area contributed by atoms with Crippen molar-refractivity contribution >= 4 is 5.91 Å². The molecule has 0 aliphatic heterocycles. The highest BCUT2D eigenvalue weighted by atomic mass is 16.1. The van der Waals surface area contributed by atoms with E-state index in [2.05, 4.69) is 19.2 Å². The molecule has 0 fully saturated rings. The summed E-state index contributed by atoms with van der Waals surface area (Å²) in [5.74, 6) is 0.671. The van der Waals surface area contributed by atoms with Crippen LogP contribution in [0.15, 0.2) is 0 Å². The molecule has 0 saturated heterocycles. The van der Waals surface area contributed by atoms with Crippen LogP contribution in [0.1, 0.15) is 27.2 Å². The Hall–Kier alpha value is -0.530. The van der Waals surface area contributed by atoms with Gasteiger partial charge < -0.3 is 5.32 Å². The molecule has 0 aliphatic carbocycles. The monoisotopic (exact) mass is 129 g/mol. The average molecular weight is 129 g/mol. The Balaban J connectivity index is 3.16. The van der Waals surface area contributed by atoms with Crippen molar-refractivity contribution in [3.05, 3.63) is 0 Å². The van der Waals surface area contributed by atoms with Crippen LogP contribution in [0, 0.1) is 5.92 Å². The van der Waals surface area contributed by atoms with E-state index in [1.54, 1.807) is 6.92 Å². The van der Waals surface area contributed by atoms with Gasteiger partial charge in [-0.2, -0.15) is 0 Å². The fraction of sp³-hybridized carbons (Fsp3) is 0.857. The SMILES string of the molecule is CC[C@@H](C)CNC(C)=O. The first-order valence-corrected chi connectivity index (χ1v) is 3.41. The molecule has 1 N–H and O–H groups in total. The van der Waals surface area contributed by atoms with Crippen LogP contribution in [-0.4, -0.2) is 12.5 Å². The number of rotatable bonds is 3. The maximum Gasteiger partial charge on any atom is 0.216 e. The van der Waals surface area contributed by atoms with Crippen LogP contribution in [0.4, 0.5) is 0 Å². The highest BCUT2D eigenvalue weighted by Gasteiger charge is 1.97. The Bertz CT molecular complexity index is 90.9. The van der Waals surface area contributed by atoms with Crippen LogP contribution in [0.2, 0.25) is 0 Å². The lowest BCUT2D eigenvalue weighted by molar-refractivity contribution is -0.119. The van der Waals surface area contributed by atoms with Gasteiger partial charge in [0, 0.05) is 13.5 Å². The van der Waals surface area contributed by atoms with Crippen molar-refractivity contribution in [2.75, 3.05) is 6.54 Å². The van der Waals surface area contributed by atoms with Crippen LogP contribution < -0.4 is 5.32 Å². The van der Waals surface area contributed by atoms with E-state index in [4.69, 9.17) is 0 Å². The minimum atomic E-state index is 0.0651. The smallest absolute Gasteiger partial charge is 0.216 e. The van der Waals surface area contributed by atoms with Crippen LogP contribution in [0.25, 0.3) is 0 Å². The number of hydrogen-bond acceptors (Lipinski definition) is 1. The van der Waals surface area contributed by atoms with E-state index in [-0.39, 0.29) is 5.91 Å². The molecule has 0 saturated carbocycles. The molecule has 1 atom stereocenters. The molecule has 0 aliphatic rings. The lowest BCUT2D eigenvalue weighted by Gasteiger charge is -2.07. The molecular formula is C7H15NO. The van der Waals surface area contributed by atoms with E-state index in [1.807, 2.05) is 0 Å². The first kappa shape index (κ1) is 8.47. The minimum absolute atomic E-state index is 0.0651. The zero-order valence-electron chi connectivity index (χ0n) is 6.40. The van der Waals surface area contributed by atoms with E-state index in [9.17, 15) is 4.79 Å². The molecule has 0 rings (SSSR count). The van der Waals surface area contributed by atoms with Gasteiger partial charge in [0.1, 0.15) is 0 Å². The summed E-state index contributed by atoms with van der Waals surface area (Å²) in [6.07, 6.45) is 1.13. The Labute approximate surface area is 56.6 Å². The van der Waals surface area contributed by atoms with Crippen molar-refractivity contribution in [3.63, 3.8) is 0 Å². The largest absolute Gasteiger partial charge is 0.356 e. The van der Waals surface area contributed by atoms with Crippen LogP contribution in [-0.2, 0) is 4.79 Å². The third-order valence-electron chi connectivity index (χ3n) is 1.40. The summed E-state index contributed by atoms with van der Waals surface area (Å²) >= 11 is 0. The lowest BCUT2D eigenvalue weighted by atomic mass is 10.1. The van der Waals surface area contributed by atoms with E-state index in [0.717, 1.165) is 13.0 Å². The van der Waals surface area contributed by atoms with Gasteiger partial charge in [-0.1, -0.05) is 20.3 Å². The molecule has 0 radical (unpaired) electrons. The Morgan fingerprint density at radius 2 is 2.22 bits per heavy atom. The summed E-state index contributed by atoms with van der Waals surface area (Å²) in [6.45, 7) is 6.59. The van der Waals surface area contributed by atoms with Gasteiger partial charge in [-0.3, -0.25) is 4.79 Å². The van der Waals surface area contributed by atoms with Crippen molar-refractivity contribution < 1.29 is 4.79 Å². The summed E-state index contributed by atoms with van der Waals surface area (Å²) in [6, 6.07) is 0. The molecule has 2 heteroatoms. The van der Waals surface area contributed by atoms with Crippen molar-refractivity contribution in [3.8, 4) is 0 Å². The highest BCUT2D eigenvalue weighted by Crippen LogP contribution is 1.96. The molecule has 0 bridgehead atoms. The average Bonchev–Trinajstić information content (AvgIpc) is 1.83. The van der Waals surface area contributed by atoms with Crippen molar-refractivity contribution in [1.29, 1.82) is 0 Å². The molecule has 9 heavy (non-hydrogen) atoms. The van der Waals surface area contributed by atoms with Gasteiger partial charge in [0.2, 0.25) is 5.91 Å². The molecular weight excluding hydrogens is 114 g/mol. The van der Waals surface area contributed by atoms with E-state index in [0.29, 0.717) is 5.92 Å². The summed E-state index contributed by atoms with van der Waals surface area (Å²) in [5, 5.41) is 2.76. The third-order valence-corrected chi connectivity index (χ3v) is 1.40. The number of carbonyl (C=O) groups is 1. The molecule has 0 unspecified atom stereocenters. The standard InChI is InChI=1S/C7H15NO/c1-4-6(2)5-8-7(3)9/h6H,4-5H2,1-3H3,(H,8,9)/t6-/m1/s1. The van der Waals surface area contributed by atoms with Gasteiger partial charge >= 0.3 is 0 Å². The van der Waals surface area contributed by atoms with Gasteiger partial charge in [0.05, 0.1) is 0 Å². The normalized spacial score (nSPS) is 12.8. The zero-order valence-corrected chi connectivity index (χ0v) is 6.40. The molecule has 0 spiro atoms. The van der Waals surface area contributed by atoms with Crippen LogP contribution in [0.3, 0.4) is 0 Å². The van der Waals surface area contributed by atoms with Gasteiger partial charge in [-0.05, 0) is 5.92 Å². The summed E-state index contributed by atoms with van der Waals surface area (Å²) < 4.78 is 0. The van der Waals surface area contributed by atoms with Gasteiger partial charge in [-0.25, -0.2) is 0 Å². The van der Waals surface area contributed by atoms with Crippen molar-refractivity contribution in [1.82, 2.24) is 5.32 Å². The predicted molar refractivity (Wildman–Crippen MR) is 38.1 cm³/mol. The first-order valence-electron chi connectivity index (χ1n) is 3.41. The van der Waals surface area contributed by atoms with E-state index < -0.39 is 0 Å². The molecule has 1 amide bonds.